The number of morpholine rings is 1. The molecule has 3 N–H and O–H groups in total. The summed E-state index contributed by atoms with van der Waals surface area (Å²) in [5.74, 6) is -0.643. The van der Waals surface area contributed by atoms with Crippen molar-refractivity contribution in [3.63, 3.8) is 0 Å². The molecular formula is C19H21N5O3S. The van der Waals surface area contributed by atoms with Gasteiger partial charge in [-0.25, -0.2) is 4.98 Å². The van der Waals surface area contributed by atoms with Crippen molar-refractivity contribution < 1.29 is 14.3 Å². The molecule has 1 saturated heterocycles. The lowest BCUT2D eigenvalue weighted by atomic mass is 10.1. The first kappa shape index (κ1) is 18.5. The minimum absolute atomic E-state index is 0.172. The number of ether oxygens (including phenoxy) is 1. The molecule has 4 rings (SSSR count). The van der Waals surface area contributed by atoms with Crippen molar-refractivity contribution in [3.8, 4) is 0 Å². The normalized spacial score (nSPS) is 14.2. The molecule has 0 spiro atoms. The number of carbonyl (C=O) groups excluding carboxylic acids is 2. The zero-order valence-electron chi connectivity index (χ0n) is 15.4. The van der Waals surface area contributed by atoms with Crippen molar-refractivity contribution in [2.75, 3.05) is 31.2 Å². The zero-order chi connectivity index (χ0) is 19.5. The van der Waals surface area contributed by atoms with E-state index in [2.05, 4.69) is 25.7 Å². The molecule has 0 saturated carbocycles. The number of rotatable bonds is 4. The van der Waals surface area contributed by atoms with Crippen LogP contribution in [-0.4, -0.2) is 48.1 Å². The van der Waals surface area contributed by atoms with Gasteiger partial charge >= 0.3 is 0 Å². The predicted octanol–water partition coefficient (Wildman–Crippen LogP) is 1.77. The summed E-state index contributed by atoms with van der Waals surface area (Å²) in [7, 11) is 0. The predicted molar refractivity (Wildman–Crippen MR) is 107 cm³/mol. The molecule has 28 heavy (non-hydrogen) atoms. The van der Waals surface area contributed by atoms with Crippen molar-refractivity contribution in [1.29, 1.82) is 0 Å². The fourth-order valence-corrected chi connectivity index (χ4v) is 4.17. The van der Waals surface area contributed by atoms with Crippen LogP contribution in [0.3, 0.4) is 0 Å². The lowest BCUT2D eigenvalue weighted by Gasteiger charge is -2.25. The molecule has 2 aromatic heterocycles. The summed E-state index contributed by atoms with van der Waals surface area (Å²) in [6.07, 6.45) is 1.99. The number of benzene rings is 1. The first-order chi connectivity index (χ1) is 13.6. The average molecular weight is 399 g/mol. The second-order valence-corrected chi connectivity index (χ2v) is 7.53. The Hall–Kier alpha value is -2.91. The van der Waals surface area contributed by atoms with E-state index in [9.17, 15) is 9.59 Å². The Kier molecular flexibility index (Phi) is 5.27. The van der Waals surface area contributed by atoms with E-state index in [0.717, 1.165) is 34.7 Å². The number of thiazole rings is 1. The highest BCUT2D eigenvalue weighted by molar-refractivity contribution is 7.17. The van der Waals surface area contributed by atoms with Crippen molar-refractivity contribution in [2.24, 2.45) is 0 Å². The molecule has 3 aromatic rings. The monoisotopic (exact) mass is 399 g/mol. The van der Waals surface area contributed by atoms with E-state index in [0.29, 0.717) is 23.8 Å². The number of aryl methyl sites for hydroxylation is 1. The first-order valence-corrected chi connectivity index (χ1v) is 9.88. The maximum absolute atomic E-state index is 12.5. The largest absolute Gasteiger partial charge is 0.378 e. The molecule has 0 unspecified atom stereocenters. The number of H-pyrrole nitrogens is 1. The molecule has 1 fully saturated rings. The number of fused-ring (bicyclic) bond motifs is 1. The first-order valence-electron chi connectivity index (χ1n) is 9.06. The van der Waals surface area contributed by atoms with Gasteiger partial charge in [-0.1, -0.05) is 29.5 Å². The number of nitrogens with one attached hydrogen (secondary N) is 3. The van der Waals surface area contributed by atoms with Crippen molar-refractivity contribution >= 4 is 39.2 Å². The molecule has 0 aliphatic carbocycles. The molecule has 0 atom stereocenters. The number of para-hydroxylation sites is 1. The van der Waals surface area contributed by atoms with Crippen LogP contribution in [0.25, 0.3) is 10.9 Å². The SMILES string of the molecule is Cc1nc(N2CCOCC2)sc1C(=O)NNC(=O)Cc1c[nH]c2ccccc12. The summed E-state index contributed by atoms with van der Waals surface area (Å²) in [4.78, 5) is 35.0. The van der Waals surface area contributed by atoms with Gasteiger partial charge in [0.25, 0.3) is 5.91 Å². The van der Waals surface area contributed by atoms with Crippen LogP contribution in [0.4, 0.5) is 5.13 Å². The molecule has 1 aliphatic heterocycles. The van der Waals surface area contributed by atoms with Crippen LogP contribution >= 0.6 is 11.3 Å². The molecule has 1 aromatic carbocycles. The maximum atomic E-state index is 12.5. The zero-order valence-corrected chi connectivity index (χ0v) is 16.3. The van der Waals surface area contributed by atoms with Crippen LogP contribution < -0.4 is 15.8 Å². The average Bonchev–Trinajstić information content (AvgIpc) is 3.31. The highest BCUT2D eigenvalue weighted by atomic mass is 32.1. The Morgan fingerprint density at radius 3 is 2.86 bits per heavy atom. The smallest absolute Gasteiger partial charge is 0.281 e. The molecule has 1 aliphatic rings. The summed E-state index contributed by atoms with van der Waals surface area (Å²) >= 11 is 1.32. The summed E-state index contributed by atoms with van der Waals surface area (Å²) in [6, 6.07) is 7.78. The number of hydrogen-bond acceptors (Lipinski definition) is 6. The van der Waals surface area contributed by atoms with Crippen LogP contribution in [0.5, 0.6) is 0 Å². The van der Waals surface area contributed by atoms with E-state index in [4.69, 9.17) is 4.74 Å². The number of aromatic amines is 1. The van der Waals surface area contributed by atoms with Gasteiger partial charge in [-0.2, -0.15) is 0 Å². The van der Waals surface area contributed by atoms with Gasteiger partial charge in [0.05, 0.1) is 25.3 Å². The number of aromatic nitrogens is 2. The second kappa shape index (κ2) is 7.99. The molecule has 0 radical (unpaired) electrons. The molecule has 2 amide bonds. The fraction of sp³-hybridized carbons (Fsp3) is 0.316. The quantitative estimate of drug-likeness (QED) is 0.581. The van der Waals surface area contributed by atoms with Gasteiger partial charge in [-0.3, -0.25) is 20.4 Å². The minimum Gasteiger partial charge on any atom is -0.378 e. The van der Waals surface area contributed by atoms with Crippen LogP contribution in [0.2, 0.25) is 0 Å². The van der Waals surface area contributed by atoms with Crippen molar-refractivity contribution in [2.45, 2.75) is 13.3 Å². The second-order valence-electron chi connectivity index (χ2n) is 6.55. The Balaban J connectivity index is 1.36. The highest BCUT2D eigenvalue weighted by Crippen LogP contribution is 2.26. The Morgan fingerprint density at radius 2 is 2.04 bits per heavy atom. The summed E-state index contributed by atoms with van der Waals surface area (Å²) in [6.45, 7) is 4.63. The number of anilines is 1. The van der Waals surface area contributed by atoms with Gasteiger partial charge in [-0.15, -0.1) is 0 Å². The minimum atomic E-state index is -0.359. The van der Waals surface area contributed by atoms with Crippen LogP contribution in [0.1, 0.15) is 20.9 Å². The summed E-state index contributed by atoms with van der Waals surface area (Å²) in [5, 5.41) is 1.80. The number of carbonyl (C=O) groups is 2. The summed E-state index contributed by atoms with van der Waals surface area (Å²) < 4.78 is 5.35. The van der Waals surface area contributed by atoms with E-state index in [1.54, 1.807) is 6.92 Å². The Morgan fingerprint density at radius 1 is 1.25 bits per heavy atom. The molecule has 0 bridgehead atoms. The van der Waals surface area contributed by atoms with Crippen LogP contribution in [0, 0.1) is 6.92 Å². The van der Waals surface area contributed by atoms with E-state index in [1.165, 1.54) is 11.3 Å². The standard InChI is InChI=1S/C19H21N5O3S/c1-12-17(28-19(21-12)24-6-8-27-9-7-24)18(26)23-22-16(25)10-13-11-20-15-5-3-2-4-14(13)15/h2-5,11,20H,6-10H2,1H3,(H,22,25)(H,23,26). The van der Waals surface area contributed by atoms with Gasteiger partial charge < -0.3 is 14.6 Å². The van der Waals surface area contributed by atoms with Crippen molar-refractivity contribution in [3.05, 3.63) is 46.6 Å². The molecular weight excluding hydrogens is 378 g/mol. The van der Waals surface area contributed by atoms with E-state index in [1.807, 2.05) is 30.5 Å². The van der Waals surface area contributed by atoms with Gasteiger partial charge in [-0.05, 0) is 18.6 Å². The third kappa shape index (κ3) is 3.85. The topological polar surface area (TPSA) is 99.3 Å². The number of nitrogens with zero attached hydrogens (tertiary/aromatic N) is 2. The van der Waals surface area contributed by atoms with E-state index < -0.39 is 0 Å². The number of hydrazine groups is 1. The molecule has 9 heteroatoms. The van der Waals surface area contributed by atoms with Crippen LogP contribution in [0.15, 0.2) is 30.5 Å². The maximum Gasteiger partial charge on any atom is 0.281 e. The fourth-order valence-electron chi connectivity index (χ4n) is 3.16. The molecule has 3 heterocycles. The van der Waals surface area contributed by atoms with Gasteiger partial charge in [0.15, 0.2) is 5.13 Å². The lowest BCUT2D eigenvalue weighted by molar-refractivity contribution is -0.121. The van der Waals surface area contributed by atoms with Crippen molar-refractivity contribution in [1.82, 2.24) is 20.8 Å². The third-order valence-corrected chi connectivity index (χ3v) is 5.83. The third-order valence-electron chi connectivity index (χ3n) is 4.61. The van der Waals surface area contributed by atoms with Gasteiger partial charge in [0.1, 0.15) is 4.88 Å². The molecule has 8 nitrogen and oxygen atoms in total. The number of hydrogen-bond donors (Lipinski definition) is 3. The van der Waals surface area contributed by atoms with E-state index >= 15 is 0 Å². The molecule has 146 valence electrons. The highest BCUT2D eigenvalue weighted by Gasteiger charge is 2.21. The van der Waals surface area contributed by atoms with Gasteiger partial charge in [0.2, 0.25) is 5.91 Å². The Bertz CT molecular complexity index is 1010. The van der Waals surface area contributed by atoms with Gasteiger partial charge in [0, 0.05) is 30.2 Å². The van der Waals surface area contributed by atoms with Crippen LogP contribution in [-0.2, 0) is 16.0 Å². The lowest BCUT2D eigenvalue weighted by Crippen LogP contribution is -2.42. The Labute approximate surface area is 165 Å². The summed E-state index contributed by atoms with van der Waals surface area (Å²) in [5.41, 5.74) is 7.49. The number of amides is 2. The van der Waals surface area contributed by atoms with E-state index in [-0.39, 0.29) is 18.2 Å².